The van der Waals surface area contributed by atoms with Crippen LogP contribution >= 0.6 is 15.6 Å². The van der Waals surface area contributed by atoms with Gasteiger partial charge in [0.25, 0.3) is 0 Å². The molecule has 19 heteroatoms. The standard InChI is InChI=1S/C79H132O17P2/c1-5-9-13-17-21-25-29-33-36-40-43-47-51-55-59-63-76(81)89-69-74(95-78(83)65-61-57-53-49-45-39-32-28-24-20-16-12-8-4)71-93-97(85,86)91-67-73(80)68-92-98(87,88)94-72-75(96-79(84)66-62-58-54-50-46-42-38-35-31-27-23-19-15-11-7-3)70-90-77(82)64-60-56-52-48-44-41-37-34-30-26-22-18-14-10-6-2/h9-11,13-15,21-23,25-27,33-38,43,47,55,59,73-75,80H,5-8,12,16-20,24,28-32,39-42,44-46,48-54,56-58,60-72H2,1-4H3,(H,85,86)(H,87,88)/b13-9-,14-10-,15-11-,25-21-,26-22-,27-23-,36-33-,37-34-,38-35-,47-43-,59-55-. The van der Waals surface area contributed by atoms with Gasteiger partial charge in [-0.15, -0.1) is 0 Å². The molecule has 98 heavy (non-hydrogen) atoms. The van der Waals surface area contributed by atoms with Gasteiger partial charge in [0.15, 0.2) is 12.2 Å². The maximum Gasteiger partial charge on any atom is 0.472 e. The van der Waals surface area contributed by atoms with E-state index < -0.39 is 97.5 Å². The number of aliphatic hydroxyl groups is 1. The van der Waals surface area contributed by atoms with Crippen LogP contribution in [0.5, 0.6) is 0 Å². The van der Waals surface area contributed by atoms with E-state index in [-0.39, 0.29) is 25.7 Å². The number of esters is 4. The maximum absolute atomic E-state index is 13.1. The van der Waals surface area contributed by atoms with E-state index in [9.17, 15) is 43.2 Å². The molecule has 0 amide bonds. The summed E-state index contributed by atoms with van der Waals surface area (Å²) in [6.07, 6.45) is 77.6. The molecule has 0 fully saturated rings. The number of ether oxygens (including phenoxy) is 4. The van der Waals surface area contributed by atoms with Gasteiger partial charge in [-0.2, -0.15) is 0 Å². The number of carbonyl (C=O) groups excluding carboxylic acids is 4. The molecule has 0 bridgehead atoms. The molecule has 0 saturated heterocycles. The van der Waals surface area contributed by atoms with Crippen molar-refractivity contribution < 1.29 is 80.2 Å². The van der Waals surface area contributed by atoms with E-state index in [1.54, 1.807) is 6.08 Å². The van der Waals surface area contributed by atoms with Gasteiger partial charge in [-0.1, -0.05) is 277 Å². The molecule has 5 unspecified atom stereocenters. The Bertz CT molecular complexity index is 2380. The summed E-state index contributed by atoms with van der Waals surface area (Å²) in [5, 5.41) is 10.6. The molecule has 0 rings (SSSR count). The smallest absolute Gasteiger partial charge is 0.462 e. The summed E-state index contributed by atoms with van der Waals surface area (Å²) in [6, 6.07) is 0. The molecule has 17 nitrogen and oxygen atoms in total. The third-order valence-corrected chi connectivity index (χ3v) is 17.1. The highest BCUT2D eigenvalue weighted by Crippen LogP contribution is 2.45. The molecule has 0 aliphatic heterocycles. The molecular formula is C79H132O17P2. The Morgan fingerprint density at radius 3 is 0.908 bits per heavy atom. The SMILES string of the molecule is CC/C=C\C/C=C\C/C=C\C/C=C\C/C=C\CC(=O)OCC(COP(=O)(O)OCC(O)COP(=O)(O)OCC(COC(=O)CCCCCCC/C=C\C/C=C\C/C=C\CC)OC(=O)CCCCCCC/C=C\C/C=C\C/C=C\CC)OC(=O)CCCCCCCCCCCCCCC. The van der Waals surface area contributed by atoms with E-state index in [2.05, 4.69) is 137 Å². The summed E-state index contributed by atoms with van der Waals surface area (Å²) < 4.78 is 68.3. The molecule has 0 aromatic carbocycles. The Hall–Kier alpha value is -4.80. The van der Waals surface area contributed by atoms with E-state index in [4.69, 9.17) is 37.0 Å². The van der Waals surface area contributed by atoms with E-state index >= 15 is 0 Å². The van der Waals surface area contributed by atoms with Gasteiger partial charge in [0.2, 0.25) is 0 Å². The lowest BCUT2D eigenvalue weighted by Crippen LogP contribution is -2.30. The molecule has 0 aliphatic carbocycles. The molecule has 0 heterocycles. The Labute approximate surface area is 593 Å². The van der Waals surface area contributed by atoms with Crippen LogP contribution in [0.2, 0.25) is 0 Å². The average molecular weight is 1420 g/mol. The average Bonchev–Trinajstić information content (AvgIpc) is 0.959. The van der Waals surface area contributed by atoms with Crippen molar-refractivity contribution in [2.24, 2.45) is 0 Å². The number of phosphoric acid groups is 2. The number of hydrogen-bond acceptors (Lipinski definition) is 15. The Kier molecular flexibility index (Phi) is 67.2. The third-order valence-electron chi connectivity index (χ3n) is 15.2. The third kappa shape index (κ3) is 69.7. The number of unbranched alkanes of at least 4 members (excludes halogenated alkanes) is 22. The minimum atomic E-state index is -4.99. The van der Waals surface area contributed by atoms with Crippen LogP contribution in [0.3, 0.4) is 0 Å². The molecule has 0 radical (unpaired) electrons. The minimum Gasteiger partial charge on any atom is -0.462 e. The highest BCUT2D eigenvalue weighted by molar-refractivity contribution is 7.47. The van der Waals surface area contributed by atoms with E-state index in [0.29, 0.717) is 25.7 Å². The van der Waals surface area contributed by atoms with Crippen LogP contribution in [-0.2, 0) is 65.4 Å². The van der Waals surface area contributed by atoms with Gasteiger partial charge in [-0.3, -0.25) is 37.3 Å². The molecule has 0 saturated carbocycles. The number of allylic oxidation sites excluding steroid dienone is 21. The molecular weight excluding hydrogens is 1280 g/mol. The quantitative estimate of drug-likeness (QED) is 0.0169. The van der Waals surface area contributed by atoms with Crippen molar-refractivity contribution in [3.8, 4) is 0 Å². The summed E-state index contributed by atoms with van der Waals surface area (Å²) in [5.41, 5.74) is 0. The van der Waals surface area contributed by atoms with Crippen LogP contribution in [0, 0.1) is 0 Å². The Balaban J connectivity index is 5.44. The monoisotopic (exact) mass is 1410 g/mol. The van der Waals surface area contributed by atoms with Gasteiger partial charge in [-0.25, -0.2) is 9.13 Å². The first-order valence-electron chi connectivity index (χ1n) is 37.4. The lowest BCUT2D eigenvalue weighted by Gasteiger charge is -2.21. The Morgan fingerprint density at radius 2 is 0.571 bits per heavy atom. The molecule has 0 aliphatic rings. The molecule has 0 aromatic heterocycles. The lowest BCUT2D eigenvalue weighted by molar-refractivity contribution is -0.161. The maximum atomic E-state index is 13.1. The summed E-state index contributed by atoms with van der Waals surface area (Å²) >= 11 is 0. The van der Waals surface area contributed by atoms with Crippen LogP contribution in [0.1, 0.15) is 285 Å². The van der Waals surface area contributed by atoms with E-state index in [0.717, 1.165) is 154 Å². The summed E-state index contributed by atoms with van der Waals surface area (Å²) in [5.74, 6) is -2.36. The summed E-state index contributed by atoms with van der Waals surface area (Å²) in [6.45, 7) is 4.37. The number of hydrogen-bond donors (Lipinski definition) is 3. The van der Waals surface area contributed by atoms with Gasteiger partial charge in [-0.05, 0) is 116 Å². The van der Waals surface area contributed by atoms with Crippen molar-refractivity contribution in [1.29, 1.82) is 0 Å². The first-order valence-corrected chi connectivity index (χ1v) is 40.4. The van der Waals surface area contributed by atoms with Crippen molar-refractivity contribution in [2.75, 3.05) is 39.6 Å². The fraction of sp³-hybridized carbons (Fsp3) is 0.671. The van der Waals surface area contributed by atoms with Gasteiger partial charge >= 0.3 is 39.5 Å². The number of rotatable bonds is 69. The highest BCUT2D eigenvalue weighted by Gasteiger charge is 2.30. The first kappa shape index (κ1) is 93.2. The zero-order valence-electron chi connectivity index (χ0n) is 60.9. The van der Waals surface area contributed by atoms with E-state index in [1.165, 1.54) is 51.4 Å². The molecule has 0 spiro atoms. The van der Waals surface area contributed by atoms with Crippen molar-refractivity contribution in [2.45, 2.75) is 303 Å². The Morgan fingerprint density at radius 1 is 0.306 bits per heavy atom. The van der Waals surface area contributed by atoms with Gasteiger partial charge in [0, 0.05) is 19.3 Å². The highest BCUT2D eigenvalue weighted by atomic mass is 31.2. The minimum absolute atomic E-state index is 0.0665. The second kappa shape index (κ2) is 70.6. The van der Waals surface area contributed by atoms with E-state index in [1.807, 2.05) is 18.2 Å². The van der Waals surface area contributed by atoms with Crippen LogP contribution in [0.4, 0.5) is 0 Å². The predicted molar refractivity (Wildman–Crippen MR) is 399 cm³/mol. The zero-order valence-corrected chi connectivity index (χ0v) is 62.7. The fourth-order valence-electron chi connectivity index (χ4n) is 9.56. The largest absolute Gasteiger partial charge is 0.472 e. The number of phosphoric ester groups is 2. The summed E-state index contributed by atoms with van der Waals surface area (Å²) in [4.78, 5) is 72.7. The number of aliphatic hydroxyl groups excluding tert-OH is 1. The molecule has 0 aromatic rings. The zero-order chi connectivity index (χ0) is 71.8. The van der Waals surface area contributed by atoms with Gasteiger partial charge in [0.1, 0.15) is 19.3 Å². The number of carbonyl (C=O) groups is 4. The van der Waals surface area contributed by atoms with Crippen LogP contribution in [0.15, 0.2) is 134 Å². The van der Waals surface area contributed by atoms with Crippen molar-refractivity contribution in [3.63, 3.8) is 0 Å². The fourth-order valence-corrected chi connectivity index (χ4v) is 11.1. The molecule has 5 atom stereocenters. The van der Waals surface area contributed by atoms with Crippen molar-refractivity contribution in [3.05, 3.63) is 134 Å². The second-order valence-corrected chi connectivity index (χ2v) is 27.4. The molecule has 3 N–H and O–H groups in total. The summed E-state index contributed by atoms with van der Waals surface area (Å²) in [7, 11) is -9.98. The second-order valence-electron chi connectivity index (χ2n) is 24.5. The predicted octanol–water partition coefficient (Wildman–Crippen LogP) is 21.3. The van der Waals surface area contributed by atoms with Crippen LogP contribution < -0.4 is 0 Å². The van der Waals surface area contributed by atoms with Crippen LogP contribution in [0.25, 0.3) is 0 Å². The van der Waals surface area contributed by atoms with Gasteiger partial charge < -0.3 is 33.8 Å². The van der Waals surface area contributed by atoms with Crippen molar-refractivity contribution >= 4 is 39.5 Å². The lowest BCUT2D eigenvalue weighted by atomic mass is 10.0. The first-order chi connectivity index (χ1) is 47.7. The van der Waals surface area contributed by atoms with Gasteiger partial charge in [0.05, 0.1) is 32.8 Å². The normalized spacial score (nSPS) is 14.7. The molecule has 560 valence electrons. The van der Waals surface area contributed by atoms with Crippen LogP contribution in [-0.4, -0.2) is 96.7 Å². The van der Waals surface area contributed by atoms with Crippen molar-refractivity contribution in [1.82, 2.24) is 0 Å². The topological polar surface area (TPSA) is 237 Å².